The fourth-order valence-corrected chi connectivity index (χ4v) is 4.63. The smallest absolute Gasteiger partial charge is 0.229 e. The van der Waals surface area contributed by atoms with Crippen molar-refractivity contribution in [2.45, 2.75) is 37.3 Å². The number of sulfone groups is 1. The molecule has 0 fully saturated rings. The Morgan fingerprint density at radius 1 is 1.12 bits per heavy atom. The second-order valence-corrected chi connectivity index (χ2v) is 11.5. The van der Waals surface area contributed by atoms with Crippen molar-refractivity contribution in [2.75, 3.05) is 31.3 Å². The number of aromatic hydroxyl groups is 1. The van der Waals surface area contributed by atoms with Crippen LogP contribution in [0.4, 0.5) is 23.1 Å². The number of aryl methyl sites for hydroxylation is 1. The fraction of sp³-hybridized carbons (Fsp3) is 0.333. The highest BCUT2D eigenvalue weighted by atomic mass is 35.5. The molecule has 0 spiro atoms. The summed E-state index contributed by atoms with van der Waals surface area (Å²) in [6.45, 7) is 6.12. The van der Waals surface area contributed by atoms with Gasteiger partial charge in [-0.3, -0.25) is 0 Å². The first-order chi connectivity index (χ1) is 16.0. The Kier molecular flexibility index (Phi) is 8.01. The Hall–Kier alpha value is -2.88. The highest BCUT2D eigenvalue weighted by molar-refractivity contribution is 7.92. The number of nitrogens with zero attached hydrogens (tertiary/aromatic N) is 3. The van der Waals surface area contributed by atoms with Crippen molar-refractivity contribution in [3.63, 3.8) is 0 Å². The lowest BCUT2D eigenvalue weighted by Gasteiger charge is -2.16. The lowest BCUT2D eigenvalue weighted by molar-refractivity contribution is 0.412. The predicted octanol–water partition coefficient (Wildman–Crippen LogP) is 4.92. The van der Waals surface area contributed by atoms with Gasteiger partial charge in [0.15, 0.2) is 15.7 Å². The number of benzene rings is 2. The second-order valence-electron chi connectivity index (χ2n) is 8.58. The molecule has 0 saturated carbocycles. The molecule has 2 aromatic carbocycles. The number of hydrogen-bond donors (Lipinski definition) is 3. The van der Waals surface area contributed by atoms with Gasteiger partial charge in [0.25, 0.3) is 0 Å². The van der Waals surface area contributed by atoms with Gasteiger partial charge in [-0.2, -0.15) is 4.98 Å². The molecule has 0 radical (unpaired) electrons. The van der Waals surface area contributed by atoms with E-state index in [0.717, 1.165) is 24.1 Å². The van der Waals surface area contributed by atoms with E-state index >= 15 is 0 Å². The molecule has 3 rings (SSSR count). The summed E-state index contributed by atoms with van der Waals surface area (Å²) in [7, 11) is 0.486. The summed E-state index contributed by atoms with van der Waals surface area (Å²) in [6, 6.07) is 10.2. The lowest BCUT2D eigenvalue weighted by Crippen LogP contribution is -2.15. The van der Waals surface area contributed by atoms with Crippen LogP contribution >= 0.6 is 11.6 Å². The summed E-state index contributed by atoms with van der Waals surface area (Å²) < 4.78 is 25.5. The maximum absolute atomic E-state index is 12.8. The predicted molar refractivity (Wildman–Crippen MR) is 137 cm³/mol. The third-order valence-electron chi connectivity index (χ3n) is 5.34. The molecule has 3 N–H and O–H groups in total. The summed E-state index contributed by atoms with van der Waals surface area (Å²) >= 11 is 6.30. The van der Waals surface area contributed by atoms with Crippen molar-refractivity contribution >= 4 is 44.6 Å². The van der Waals surface area contributed by atoms with Crippen LogP contribution in [-0.4, -0.2) is 54.3 Å². The molecule has 8 nitrogen and oxygen atoms in total. The van der Waals surface area contributed by atoms with Gasteiger partial charge in [-0.15, -0.1) is 0 Å². The largest absolute Gasteiger partial charge is 0.506 e. The maximum atomic E-state index is 12.8. The van der Waals surface area contributed by atoms with Crippen LogP contribution in [0.15, 0.2) is 47.5 Å². The minimum atomic E-state index is -3.52. The van der Waals surface area contributed by atoms with E-state index in [4.69, 9.17) is 11.6 Å². The molecule has 0 unspecified atom stereocenters. The van der Waals surface area contributed by atoms with Crippen LogP contribution < -0.4 is 10.6 Å². The number of nitrogens with one attached hydrogen (secondary N) is 2. The molecule has 0 saturated heterocycles. The molecule has 10 heteroatoms. The molecule has 3 aromatic rings. The summed E-state index contributed by atoms with van der Waals surface area (Å²) in [5.41, 5.74) is 2.91. The van der Waals surface area contributed by atoms with Crippen LogP contribution in [-0.2, 0) is 16.3 Å². The SMILES string of the molecule is Cc1cc(Nc2ncc(Cl)c(Nc3ccccc3S(=O)(=O)C(C)C)n2)c(O)cc1CCN(C)C. The van der Waals surface area contributed by atoms with Gasteiger partial charge in [0, 0.05) is 6.54 Å². The molecule has 0 aliphatic rings. The first kappa shape index (κ1) is 25.7. The van der Waals surface area contributed by atoms with Gasteiger partial charge in [-0.25, -0.2) is 13.4 Å². The molecule has 0 bridgehead atoms. The summed E-state index contributed by atoms with van der Waals surface area (Å²) in [5, 5.41) is 16.2. The lowest BCUT2D eigenvalue weighted by atomic mass is 10.0. The summed E-state index contributed by atoms with van der Waals surface area (Å²) in [6.07, 6.45) is 2.23. The van der Waals surface area contributed by atoms with E-state index in [0.29, 0.717) is 11.4 Å². The summed E-state index contributed by atoms with van der Waals surface area (Å²) in [4.78, 5) is 10.9. The van der Waals surface area contributed by atoms with E-state index in [9.17, 15) is 13.5 Å². The molecule has 182 valence electrons. The summed E-state index contributed by atoms with van der Waals surface area (Å²) in [5.74, 6) is 0.525. The van der Waals surface area contributed by atoms with Gasteiger partial charge in [0.2, 0.25) is 5.95 Å². The Morgan fingerprint density at radius 2 is 1.82 bits per heavy atom. The standard InChI is InChI=1S/C24H30ClN5O3S/c1-15(2)34(32,33)22-9-7-6-8-19(22)27-23-18(25)14-26-24(29-23)28-20-12-16(3)17(13-21(20)31)10-11-30(4)5/h6-9,12-15,31H,10-11H2,1-5H3,(H2,26,27,28,29). The zero-order valence-electron chi connectivity index (χ0n) is 19.9. The van der Waals surface area contributed by atoms with Crippen LogP contribution in [0.25, 0.3) is 0 Å². The zero-order valence-corrected chi connectivity index (χ0v) is 21.5. The topological polar surface area (TPSA) is 107 Å². The first-order valence-electron chi connectivity index (χ1n) is 10.9. The van der Waals surface area contributed by atoms with Crippen LogP contribution in [0, 0.1) is 6.92 Å². The number of para-hydroxylation sites is 1. The van der Waals surface area contributed by atoms with Crippen LogP contribution in [0.1, 0.15) is 25.0 Å². The minimum Gasteiger partial charge on any atom is -0.506 e. The monoisotopic (exact) mass is 503 g/mol. The van der Waals surface area contributed by atoms with E-state index < -0.39 is 15.1 Å². The number of aromatic nitrogens is 2. The van der Waals surface area contributed by atoms with Crippen LogP contribution in [0.3, 0.4) is 0 Å². The van der Waals surface area contributed by atoms with E-state index in [1.807, 2.05) is 27.1 Å². The Morgan fingerprint density at radius 3 is 2.50 bits per heavy atom. The molecule has 34 heavy (non-hydrogen) atoms. The average molecular weight is 504 g/mol. The number of phenols is 1. The average Bonchev–Trinajstić information content (AvgIpc) is 2.77. The van der Waals surface area contributed by atoms with Gasteiger partial charge in [0.05, 0.1) is 27.7 Å². The van der Waals surface area contributed by atoms with E-state index in [1.165, 1.54) is 6.20 Å². The quantitative estimate of drug-likeness (QED) is 0.353. The fourth-order valence-electron chi connectivity index (χ4n) is 3.29. The third kappa shape index (κ3) is 5.97. The third-order valence-corrected chi connectivity index (χ3v) is 7.83. The Balaban J connectivity index is 1.89. The Labute approximate surface area is 205 Å². The van der Waals surface area contributed by atoms with Crippen molar-refractivity contribution in [2.24, 2.45) is 0 Å². The molecular weight excluding hydrogens is 474 g/mol. The number of phenolic OH excluding ortho intramolecular Hbond substituents is 1. The van der Waals surface area contributed by atoms with E-state index in [1.54, 1.807) is 44.2 Å². The number of likely N-dealkylation sites (N-methyl/N-ethyl adjacent to an activating group) is 1. The molecule has 0 aliphatic heterocycles. The second kappa shape index (κ2) is 10.6. The van der Waals surface area contributed by atoms with Gasteiger partial charge < -0.3 is 20.6 Å². The van der Waals surface area contributed by atoms with Crippen molar-refractivity contribution in [1.82, 2.24) is 14.9 Å². The van der Waals surface area contributed by atoms with E-state index in [-0.39, 0.29) is 27.4 Å². The highest BCUT2D eigenvalue weighted by Crippen LogP contribution is 2.32. The molecule has 0 aliphatic carbocycles. The van der Waals surface area contributed by atoms with Gasteiger partial charge >= 0.3 is 0 Å². The molecule has 1 heterocycles. The molecule has 1 aromatic heterocycles. The number of halogens is 1. The van der Waals surface area contributed by atoms with Gasteiger partial charge in [-0.05, 0) is 76.7 Å². The van der Waals surface area contributed by atoms with Crippen molar-refractivity contribution in [3.05, 3.63) is 58.7 Å². The zero-order chi connectivity index (χ0) is 25.0. The maximum Gasteiger partial charge on any atom is 0.229 e. The van der Waals surface area contributed by atoms with Gasteiger partial charge in [0.1, 0.15) is 10.8 Å². The number of hydrogen-bond acceptors (Lipinski definition) is 8. The van der Waals surface area contributed by atoms with Crippen LogP contribution in [0.5, 0.6) is 5.75 Å². The van der Waals surface area contributed by atoms with Crippen LogP contribution in [0.2, 0.25) is 5.02 Å². The van der Waals surface area contributed by atoms with Crippen molar-refractivity contribution in [3.8, 4) is 5.75 Å². The highest BCUT2D eigenvalue weighted by Gasteiger charge is 2.23. The number of anilines is 4. The number of rotatable bonds is 9. The normalized spacial score (nSPS) is 11.8. The first-order valence-corrected chi connectivity index (χ1v) is 12.8. The van der Waals surface area contributed by atoms with Crippen molar-refractivity contribution in [1.29, 1.82) is 0 Å². The van der Waals surface area contributed by atoms with Crippen molar-refractivity contribution < 1.29 is 13.5 Å². The molecule has 0 atom stereocenters. The van der Waals surface area contributed by atoms with E-state index in [2.05, 4.69) is 25.5 Å². The Bertz CT molecular complexity index is 1280. The van der Waals surface area contributed by atoms with Gasteiger partial charge in [-0.1, -0.05) is 23.7 Å². The minimum absolute atomic E-state index is 0.0841. The molecule has 0 amide bonds. The molecular formula is C24H30ClN5O3S.